The van der Waals surface area contributed by atoms with Gasteiger partial charge in [-0.2, -0.15) is 5.10 Å². The Hall–Kier alpha value is -4.45. The maximum absolute atomic E-state index is 13.4. The number of H-pyrrole nitrogens is 1. The van der Waals surface area contributed by atoms with Gasteiger partial charge in [-0.05, 0) is 25.1 Å². The van der Waals surface area contributed by atoms with Gasteiger partial charge in [-0.1, -0.05) is 66.7 Å². The molecule has 0 spiro atoms. The van der Waals surface area contributed by atoms with Gasteiger partial charge in [0.2, 0.25) is 0 Å². The molecule has 6 rings (SSSR count). The molecule has 0 bridgehead atoms. The maximum Gasteiger partial charge on any atom is 0.255 e. The van der Waals surface area contributed by atoms with Crippen LogP contribution in [0.3, 0.4) is 0 Å². The predicted molar refractivity (Wildman–Crippen MR) is 129 cm³/mol. The molecule has 0 fully saturated rings. The predicted octanol–water partition coefficient (Wildman–Crippen LogP) is 4.94. The van der Waals surface area contributed by atoms with E-state index in [1.54, 1.807) is 6.20 Å². The third-order valence-corrected chi connectivity index (χ3v) is 5.93. The van der Waals surface area contributed by atoms with E-state index in [2.05, 4.69) is 10.3 Å². The van der Waals surface area contributed by atoms with Crippen LogP contribution in [-0.4, -0.2) is 26.4 Å². The van der Waals surface area contributed by atoms with Crippen LogP contribution in [0.1, 0.15) is 39.0 Å². The summed E-state index contributed by atoms with van der Waals surface area (Å²) in [5.41, 5.74) is 6.90. The molecule has 2 N–H and O–H groups in total. The number of nitrogens with zero attached hydrogens (tertiary/aromatic N) is 3. The zero-order valence-electron chi connectivity index (χ0n) is 18.0. The van der Waals surface area contributed by atoms with Crippen LogP contribution in [0.15, 0.2) is 96.1 Å². The molecule has 1 aliphatic rings. The molecule has 0 saturated heterocycles. The number of aromatic nitrogens is 3. The Balaban J connectivity index is 1.50. The first kappa shape index (κ1) is 19.3. The molecule has 6 nitrogen and oxygen atoms in total. The van der Waals surface area contributed by atoms with Crippen molar-refractivity contribution < 1.29 is 4.79 Å². The number of hydrogen-bond donors (Lipinski definition) is 2. The van der Waals surface area contributed by atoms with Crippen molar-refractivity contribution in [2.45, 2.75) is 13.1 Å². The van der Waals surface area contributed by atoms with Gasteiger partial charge in [0, 0.05) is 28.2 Å². The second-order valence-corrected chi connectivity index (χ2v) is 8.11. The number of benzene rings is 3. The van der Waals surface area contributed by atoms with Crippen LogP contribution in [0.4, 0.5) is 0 Å². The number of carbonyl (C=O) groups is 1. The lowest BCUT2D eigenvalue weighted by Crippen LogP contribution is -2.28. The number of fused-ring (bicyclic) bond motifs is 4. The summed E-state index contributed by atoms with van der Waals surface area (Å²) in [7, 11) is 0. The highest BCUT2D eigenvalue weighted by atomic mass is 16.1. The second-order valence-electron chi connectivity index (χ2n) is 8.11. The van der Waals surface area contributed by atoms with Crippen LogP contribution in [0.5, 0.6) is 0 Å². The molecule has 0 radical (unpaired) electrons. The summed E-state index contributed by atoms with van der Waals surface area (Å²) in [4.78, 5) is 21.7. The molecule has 6 heteroatoms. The molecule has 3 heterocycles. The van der Waals surface area contributed by atoms with Crippen molar-refractivity contribution in [3.63, 3.8) is 0 Å². The van der Waals surface area contributed by atoms with Crippen molar-refractivity contribution in [2.24, 2.45) is 4.99 Å². The Morgan fingerprint density at radius 1 is 0.970 bits per heavy atom. The minimum absolute atomic E-state index is 0.190. The smallest absolute Gasteiger partial charge is 0.255 e. The van der Waals surface area contributed by atoms with Crippen LogP contribution in [0, 0.1) is 6.92 Å². The number of para-hydroxylation sites is 2. The van der Waals surface area contributed by atoms with E-state index in [0.717, 1.165) is 44.8 Å². The molecule has 33 heavy (non-hydrogen) atoms. The van der Waals surface area contributed by atoms with Crippen molar-refractivity contribution in [1.29, 1.82) is 0 Å². The highest BCUT2D eigenvalue weighted by Gasteiger charge is 2.28. The van der Waals surface area contributed by atoms with E-state index in [4.69, 9.17) is 10.1 Å². The van der Waals surface area contributed by atoms with Crippen molar-refractivity contribution in [2.75, 3.05) is 0 Å². The fraction of sp³-hybridized carbons (Fsp3) is 0.0741. The molecule has 5 aromatic rings. The number of aliphatic imine (C=N–C) groups is 1. The van der Waals surface area contributed by atoms with E-state index < -0.39 is 6.17 Å². The first-order valence-electron chi connectivity index (χ1n) is 10.9. The molecule has 1 amide bonds. The lowest BCUT2D eigenvalue weighted by atomic mass is 10.0. The van der Waals surface area contributed by atoms with Gasteiger partial charge in [-0.3, -0.25) is 9.79 Å². The zero-order chi connectivity index (χ0) is 22.4. The van der Waals surface area contributed by atoms with E-state index in [0.29, 0.717) is 5.56 Å². The molecular formula is C27H21N5O. The molecule has 0 aliphatic carbocycles. The standard InChI is InChI=1S/C27H21N5O/c1-17-15-24-26(30-27(33)21-16-28-22-13-7-5-11-19(21)22)29-25(18-9-3-2-4-10-18)20-12-6-8-14-23(20)32(24)31-17/h2-16,26,28H,1H3,(H,30,33). The van der Waals surface area contributed by atoms with E-state index in [-0.39, 0.29) is 5.91 Å². The highest BCUT2D eigenvalue weighted by Crippen LogP contribution is 2.30. The second kappa shape index (κ2) is 7.60. The average molecular weight is 431 g/mol. The van der Waals surface area contributed by atoms with Gasteiger partial charge in [0.25, 0.3) is 5.91 Å². The third-order valence-electron chi connectivity index (χ3n) is 5.93. The Kier molecular flexibility index (Phi) is 4.43. The Labute approximate surface area is 190 Å². The normalized spacial score (nSPS) is 14.8. The molecular weight excluding hydrogens is 410 g/mol. The van der Waals surface area contributed by atoms with E-state index in [9.17, 15) is 4.79 Å². The maximum atomic E-state index is 13.4. The Morgan fingerprint density at radius 3 is 2.61 bits per heavy atom. The number of amides is 1. The Bertz CT molecular complexity index is 1530. The molecule has 1 atom stereocenters. The minimum atomic E-state index is -0.602. The van der Waals surface area contributed by atoms with Crippen molar-refractivity contribution in [3.05, 3.63) is 119 Å². The van der Waals surface area contributed by atoms with Crippen LogP contribution < -0.4 is 5.32 Å². The number of nitrogens with one attached hydrogen (secondary N) is 2. The zero-order valence-corrected chi connectivity index (χ0v) is 18.0. The molecule has 2 aromatic heterocycles. The molecule has 3 aromatic carbocycles. The number of aromatic amines is 1. The van der Waals surface area contributed by atoms with E-state index in [1.165, 1.54) is 0 Å². The number of aryl methyl sites for hydroxylation is 1. The summed E-state index contributed by atoms with van der Waals surface area (Å²) < 4.78 is 1.89. The van der Waals surface area contributed by atoms with Crippen molar-refractivity contribution in [3.8, 4) is 5.69 Å². The van der Waals surface area contributed by atoms with Gasteiger partial charge in [0.1, 0.15) is 0 Å². The average Bonchev–Trinajstić information content (AvgIpc) is 3.43. The van der Waals surface area contributed by atoms with Crippen LogP contribution >= 0.6 is 0 Å². The summed E-state index contributed by atoms with van der Waals surface area (Å²) in [6.07, 6.45) is 1.14. The summed E-state index contributed by atoms with van der Waals surface area (Å²) in [5, 5.41) is 8.77. The minimum Gasteiger partial charge on any atom is -0.360 e. The summed E-state index contributed by atoms with van der Waals surface area (Å²) in [5.74, 6) is -0.190. The largest absolute Gasteiger partial charge is 0.360 e. The van der Waals surface area contributed by atoms with Crippen LogP contribution in [-0.2, 0) is 0 Å². The summed E-state index contributed by atoms with van der Waals surface area (Å²) in [6, 6.07) is 27.9. The van der Waals surface area contributed by atoms with Gasteiger partial charge >= 0.3 is 0 Å². The molecule has 160 valence electrons. The van der Waals surface area contributed by atoms with Crippen LogP contribution in [0.2, 0.25) is 0 Å². The summed E-state index contributed by atoms with van der Waals surface area (Å²) >= 11 is 0. The van der Waals surface area contributed by atoms with E-state index in [1.807, 2.05) is 96.5 Å². The van der Waals surface area contributed by atoms with Gasteiger partial charge in [-0.25, -0.2) is 4.68 Å². The molecule has 1 unspecified atom stereocenters. The van der Waals surface area contributed by atoms with Gasteiger partial charge in [-0.15, -0.1) is 0 Å². The lowest BCUT2D eigenvalue weighted by Gasteiger charge is -2.15. The fourth-order valence-corrected chi connectivity index (χ4v) is 4.42. The number of rotatable bonds is 3. The lowest BCUT2D eigenvalue weighted by molar-refractivity contribution is 0.0939. The first-order valence-corrected chi connectivity index (χ1v) is 10.9. The molecule has 0 saturated carbocycles. The summed E-state index contributed by atoms with van der Waals surface area (Å²) in [6.45, 7) is 1.95. The highest BCUT2D eigenvalue weighted by molar-refractivity contribution is 6.15. The molecule has 1 aliphatic heterocycles. The van der Waals surface area contributed by atoms with Gasteiger partial charge in [0.05, 0.1) is 28.4 Å². The fourth-order valence-electron chi connectivity index (χ4n) is 4.42. The first-order chi connectivity index (χ1) is 16.2. The topological polar surface area (TPSA) is 75.1 Å². The Morgan fingerprint density at radius 2 is 1.73 bits per heavy atom. The van der Waals surface area contributed by atoms with Crippen molar-refractivity contribution in [1.82, 2.24) is 20.1 Å². The number of carbonyl (C=O) groups excluding carboxylic acids is 1. The SMILES string of the molecule is Cc1cc2n(n1)-c1ccccc1C(c1ccccc1)=NC2NC(=O)c1c[nH]c2ccccc12. The van der Waals surface area contributed by atoms with Crippen LogP contribution in [0.25, 0.3) is 16.6 Å². The third kappa shape index (κ3) is 3.24. The van der Waals surface area contributed by atoms with Gasteiger partial charge < -0.3 is 10.3 Å². The van der Waals surface area contributed by atoms with Gasteiger partial charge in [0.15, 0.2) is 6.17 Å². The number of hydrogen-bond acceptors (Lipinski definition) is 3. The quantitative estimate of drug-likeness (QED) is 0.425. The monoisotopic (exact) mass is 431 g/mol. The van der Waals surface area contributed by atoms with Crippen molar-refractivity contribution >= 4 is 22.5 Å². The van der Waals surface area contributed by atoms with E-state index >= 15 is 0 Å².